The second kappa shape index (κ2) is 8.78. The fourth-order valence-electron chi connectivity index (χ4n) is 1.65. The molecular weight excluding hydrogens is 230 g/mol. The van der Waals surface area contributed by atoms with Crippen molar-refractivity contribution in [1.29, 1.82) is 0 Å². The molecule has 0 radical (unpaired) electrons. The summed E-state index contributed by atoms with van der Waals surface area (Å²) in [5.74, 6) is 1.36. The molecule has 1 aliphatic rings. The van der Waals surface area contributed by atoms with Gasteiger partial charge >= 0.3 is 0 Å². The van der Waals surface area contributed by atoms with Crippen molar-refractivity contribution in [1.82, 2.24) is 5.32 Å². The molecular formula is C14H23NO3. The van der Waals surface area contributed by atoms with Gasteiger partial charge in [0.1, 0.15) is 12.7 Å². The molecule has 1 heterocycles. The molecule has 0 saturated carbocycles. The first-order chi connectivity index (χ1) is 8.81. The van der Waals surface area contributed by atoms with Crippen LogP contribution in [-0.4, -0.2) is 39.0 Å². The second-order valence-corrected chi connectivity index (χ2v) is 3.87. The Bertz CT molecular complexity index is 304. The minimum absolute atomic E-state index is 0.0854. The molecule has 1 fully saturated rings. The maximum Gasteiger partial charge on any atom is 0.160 e. The van der Waals surface area contributed by atoms with Gasteiger partial charge in [-0.25, -0.2) is 0 Å². The molecule has 1 unspecified atom stereocenters. The van der Waals surface area contributed by atoms with Crippen molar-refractivity contribution in [3.8, 4) is 0 Å². The molecule has 18 heavy (non-hydrogen) atoms. The number of nitrogens with one attached hydrogen (secondary N) is 1. The van der Waals surface area contributed by atoms with Gasteiger partial charge in [0.15, 0.2) is 11.5 Å². The van der Waals surface area contributed by atoms with Crippen molar-refractivity contribution >= 4 is 0 Å². The predicted octanol–water partition coefficient (Wildman–Crippen LogP) is 2.00. The zero-order valence-electron chi connectivity index (χ0n) is 11.3. The lowest BCUT2D eigenvalue weighted by Crippen LogP contribution is -2.40. The van der Waals surface area contributed by atoms with Crippen LogP contribution >= 0.6 is 0 Å². The molecule has 0 aliphatic carbocycles. The van der Waals surface area contributed by atoms with Gasteiger partial charge < -0.3 is 19.5 Å². The monoisotopic (exact) mass is 253 g/mol. The molecule has 1 atom stereocenters. The van der Waals surface area contributed by atoms with E-state index in [1.54, 1.807) is 6.08 Å². The lowest BCUT2D eigenvalue weighted by atomic mass is 10.3. The molecule has 4 heteroatoms. The van der Waals surface area contributed by atoms with Crippen molar-refractivity contribution < 1.29 is 14.2 Å². The third-order valence-corrected chi connectivity index (χ3v) is 2.48. The largest absolute Gasteiger partial charge is 0.490 e. The Hall–Kier alpha value is -1.26. The van der Waals surface area contributed by atoms with Gasteiger partial charge in [-0.1, -0.05) is 12.7 Å². The Kier molecular flexibility index (Phi) is 7.22. The molecule has 1 N–H and O–H groups in total. The highest BCUT2D eigenvalue weighted by Crippen LogP contribution is 2.12. The number of hydrogen-bond donors (Lipinski definition) is 1. The van der Waals surface area contributed by atoms with Crippen LogP contribution in [0.3, 0.4) is 0 Å². The van der Waals surface area contributed by atoms with Crippen LogP contribution in [0.15, 0.2) is 36.3 Å². The Morgan fingerprint density at radius 1 is 1.44 bits per heavy atom. The highest BCUT2D eigenvalue weighted by molar-refractivity contribution is 5.23. The van der Waals surface area contributed by atoms with Crippen LogP contribution in [0.25, 0.3) is 0 Å². The van der Waals surface area contributed by atoms with Gasteiger partial charge in [-0.2, -0.15) is 0 Å². The van der Waals surface area contributed by atoms with Gasteiger partial charge in [0.2, 0.25) is 0 Å². The van der Waals surface area contributed by atoms with E-state index < -0.39 is 0 Å². The van der Waals surface area contributed by atoms with E-state index in [0.29, 0.717) is 24.7 Å². The zero-order chi connectivity index (χ0) is 13.2. The van der Waals surface area contributed by atoms with E-state index >= 15 is 0 Å². The number of hydrogen-bond acceptors (Lipinski definition) is 4. The summed E-state index contributed by atoms with van der Waals surface area (Å²) in [4.78, 5) is 0. The maximum absolute atomic E-state index is 5.72. The summed E-state index contributed by atoms with van der Waals surface area (Å²) in [5.41, 5.74) is 0. The first-order valence-electron chi connectivity index (χ1n) is 6.39. The lowest BCUT2D eigenvalue weighted by Gasteiger charge is -2.24. The Morgan fingerprint density at radius 3 is 2.83 bits per heavy atom. The van der Waals surface area contributed by atoms with E-state index in [0.717, 1.165) is 19.7 Å². The lowest BCUT2D eigenvalue weighted by molar-refractivity contribution is -0.0156. The van der Waals surface area contributed by atoms with Crippen molar-refractivity contribution in [3.05, 3.63) is 36.3 Å². The number of rotatable bonds is 7. The topological polar surface area (TPSA) is 39.7 Å². The van der Waals surface area contributed by atoms with Gasteiger partial charge in [0.25, 0.3) is 0 Å². The minimum Gasteiger partial charge on any atom is -0.490 e. The van der Waals surface area contributed by atoms with Crippen LogP contribution < -0.4 is 5.32 Å². The van der Waals surface area contributed by atoms with Crippen LogP contribution in [0.4, 0.5) is 0 Å². The van der Waals surface area contributed by atoms with Crippen LogP contribution in [0.2, 0.25) is 0 Å². The standard InChI is InChI=1S/C14H23NO3/c1-4-7-14(16-6-3)13(5-2)18-11-12-10-15-8-9-17-12/h4-5,7,12,15H,2,6,8-11H2,1,3H3/b7-4-,14-13-. The molecule has 0 spiro atoms. The minimum atomic E-state index is 0.0854. The zero-order valence-corrected chi connectivity index (χ0v) is 11.3. The molecule has 0 aromatic rings. The molecule has 0 aromatic carbocycles. The van der Waals surface area contributed by atoms with Gasteiger partial charge in [-0.15, -0.1) is 0 Å². The number of morpholine rings is 1. The summed E-state index contributed by atoms with van der Waals surface area (Å²) in [6.45, 7) is 11.2. The molecule has 1 saturated heterocycles. The van der Waals surface area contributed by atoms with E-state index in [4.69, 9.17) is 14.2 Å². The predicted molar refractivity (Wildman–Crippen MR) is 72.2 cm³/mol. The Labute approximate surface area is 109 Å². The summed E-state index contributed by atoms with van der Waals surface area (Å²) in [6.07, 6.45) is 5.54. The van der Waals surface area contributed by atoms with E-state index in [2.05, 4.69) is 11.9 Å². The van der Waals surface area contributed by atoms with Crippen LogP contribution in [0.1, 0.15) is 13.8 Å². The normalized spacial score (nSPS) is 21.6. The third-order valence-electron chi connectivity index (χ3n) is 2.48. The molecule has 0 amide bonds. The fourth-order valence-corrected chi connectivity index (χ4v) is 1.65. The first-order valence-corrected chi connectivity index (χ1v) is 6.39. The van der Waals surface area contributed by atoms with Gasteiger partial charge in [0, 0.05) is 13.1 Å². The van der Waals surface area contributed by atoms with E-state index in [9.17, 15) is 0 Å². The van der Waals surface area contributed by atoms with E-state index in [1.807, 2.05) is 26.0 Å². The Balaban J connectivity index is 2.56. The van der Waals surface area contributed by atoms with Crippen molar-refractivity contribution in [2.24, 2.45) is 0 Å². The molecule has 0 aromatic heterocycles. The summed E-state index contributed by atoms with van der Waals surface area (Å²) in [7, 11) is 0. The summed E-state index contributed by atoms with van der Waals surface area (Å²) >= 11 is 0. The van der Waals surface area contributed by atoms with E-state index in [-0.39, 0.29) is 6.10 Å². The SMILES string of the molecule is C=C/C(OCC1CNCCO1)=C(\C=C/C)OCC. The van der Waals surface area contributed by atoms with E-state index in [1.165, 1.54) is 0 Å². The summed E-state index contributed by atoms with van der Waals surface area (Å²) < 4.78 is 16.8. The van der Waals surface area contributed by atoms with Crippen LogP contribution in [0, 0.1) is 0 Å². The average molecular weight is 253 g/mol. The molecule has 1 rings (SSSR count). The third kappa shape index (κ3) is 4.94. The van der Waals surface area contributed by atoms with Crippen molar-refractivity contribution in [3.63, 3.8) is 0 Å². The van der Waals surface area contributed by atoms with Crippen molar-refractivity contribution in [2.75, 3.05) is 32.9 Å². The van der Waals surface area contributed by atoms with Gasteiger partial charge in [-0.3, -0.25) is 0 Å². The molecule has 4 nitrogen and oxygen atoms in total. The average Bonchev–Trinajstić information content (AvgIpc) is 2.41. The number of ether oxygens (including phenoxy) is 3. The first kappa shape index (κ1) is 14.8. The molecule has 0 bridgehead atoms. The highest BCUT2D eigenvalue weighted by Gasteiger charge is 2.15. The quantitative estimate of drug-likeness (QED) is 0.556. The van der Waals surface area contributed by atoms with Crippen LogP contribution in [0.5, 0.6) is 0 Å². The summed E-state index contributed by atoms with van der Waals surface area (Å²) in [5, 5.41) is 3.26. The van der Waals surface area contributed by atoms with Gasteiger partial charge in [-0.05, 0) is 26.0 Å². The van der Waals surface area contributed by atoms with Crippen molar-refractivity contribution in [2.45, 2.75) is 20.0 Å². The maximum atomic E-state index is 5.72. The summed E-state index contributed by atoms with van der Waals surface area (Å²) in [6, 6.07) is 0. The second-order valence-electron chi connectivity index (χ2n) is 3.87. The smallest absolute Gasteiger partial charge is 0.160 e. The molecule has 102 valence electrons. The fraction of sp³-hybridized carbons (Fsp3) is 0.571. The Morgan fingerprint density at radius 2 is 2.28 bits per heavy atom. The molecule has 1 aliphatic heterocycles. The number of allylic oxidation sites excluding steroid dienone is 3. The highest BCUT2D eigenvalue weighted by atomic mass is 16.5. The van der Waals surface area contributed by atoms with Crippen LogP contribution in [-0.2, 0) is 14.2 Å². The van der Waals surface area contributed by atoms with Gasteiger partial charge in [0.05, 0.1) is 13.2 Å².